The summed E-state index contributed by atoms with van der Waals surface area (Å²) in [4.78, 5) is 0. The fourth-order valence-corrected chi connectivity index (χ4v) is 2.74. The van der Waals surface area contributed by atoms with Gasteiger partial charge in [0.25, 0.3) is 5.76 Å². The van der Waals surface area contributed by atoms with Gasteiger partial charge in [0.2, 0.25) is 0 Å². The van der Waals surface area contributed by atoms with Gasteiger partial charge in [-0.1, -0.05) is 11.8 Å². The monoisotopic (exact) mass is 373 g/mol. The third-order valence-electron chi connectivity index (χ3n) is 3.47. The summed E-state index contributed by atoms with van der Waals surface area (Å²) in [5.74, 6) is 0.860. The minimum atomic E-state index is -2.40. The van der Waals surface area contributed by atoms with Crippen LogP contribution in [0.2, 0.25) is 0 Å². The van der Waals surface area contributed by atoms with Gasteiger partial charge in [-0.05, 0) is 18.2 Å². The Morgan fingerprint density at radius 1 is 0.960 bits per heavy atom. The van der Waals surface area contributed by atoms with Gasteiger partial charge in [-0.3, -0.25) is 0 Å². The van der Waals surface area contributed by atoms with E-state index in [0.29, 0.717) is 53.6 Å². The molecule has 0 saturated carbocycles. The summed E-state index contributed by atoms with van der Waals surface area (Å²) in [5, 5.41) is 3.23. The zero-order valence-electron chi connectivity index (χ0n) is 14.3. The van der Waals surface area contributed by atoms with Crippen LogP contribution in [0.25, 0.3) is 0 Å². The molecule has 0 amide bonds. The highest BCUT2D eigenvalue weighted by atomic mass is 32.2. The van der Waals surface area contributed by atoms with Crippen LogP contribution in [0, 0.1) is 0 Å². The average Bonchev–Trinajstić information content (AvgIpc) is 3.07. The Morgan fingerprint density at radius 3 is 2.24 bits per heavy atom. The van der Waals surface area contributed by atoms with E-state index < -0.39 is 5.76 Å². The molecule has 0 aliphatic carbocycles. The molecular formula is C17H21F2NO4S. The number of hydrogen-bond acceptors (Lipinski definition) is 6. The molecule has 2 rings (SSSR count). The van der Waals surface area contributed by atoms with Crippen LogP contribution in [0.5, 0.6) is 17.2 Å². The number of methoxy groups -OCH3 is 3. The Balaban J connectivity index is 1.95. The normalized spacial score (nSPS) is 11.0. The van der Waals surface area contributed by atoms with Gasteiger partial charge >= 0.3 is 0 Å². The summed E-state index contributed by atoms with van der Waals surface area (Å²) in [5.41, 5.74) is 0.903. The summed E-state index contributed by atoms with van der Waals surface area (Å²) in [7, 11) is 4.73. The van der Waals surface area contributed by atoms with Gasteiger partial charge in [-0.2, -0.15) is 8.78 Å². The molecule has 1 aromatic carbocycles. The number of ether oxygens (including phenoxy) is 3. The zero-order chi connectivity index (χ0) is 18.2. The van der Waals surface area contributed by atoms with Crippen molar-refractivity contribution < 1.29 is 27.4 Å². The van der Waals surface area contributed by atoms with E-state index in [2.05, 4.69) is 5.32 Å². The standard InChI is InChI=1S/C17H21F2NO4S/c1-21-14-7-16(23-3)15(22-2)6-11(14)8-20-9-12-4-5-13(24-12)10-25-17(18)19/h4-7,17,20H,8-10H2,1-3H3. The predicted molar refractivity (Wildman–Crippen MR) is 92.6 cm³/mol. The first-order valence-corrected chi connectivity index (χ1v) is 8.59. The van der Waals surface area contributed by atoms with Crippen molar-refractivity contribution in [2.75, 3.05) is 21.3 Å². The lowest BCUT2D eigenvalue weighted by atomic mass is 10.1. The van der Waals surface area contributed by atoms with E-state index in [9.17, 15) is 8.78 Å². The second-order valence-electron chi connectivity index (χ2n) is 5.06. The van der Waals surface area contributed by atoms with Crippen molar-refractivity contribution in [1.29, 1.82) is 0 Å². The Hall–Kier alpha value is -1.93. The van der Waals surface area contributed by atoms with Crippen molar-refractivity contribution in [3.8, 4) is 17.2 Å². The van der Waals surface area contributed by atoms with Crippen LogP contribution in [0.3, 0.4) is 0 Å². The minimum Gasteiger partial charge on any atom is -0.496 e. The van der Waals surface area contributed by atoms with Gasteiger partial charge in [0.05, 0.1) is 33.6 Å². The quantitative estimate of drug-likeness (QED) is 0.678. The van der Waals surface area contributed by atoms with Crippen molar-refractivity contribution in [3.63, 3.8) is 0 Å². The van der Waals surface area contributed by atoms with Gasteiger partial charge in [-0.25, -0.2) is 0 Å². The number of furan rings is 1. The highest BCUT2D eigenvalue weighted by Gasteiger charge is 2.12. The summed E-state index contributed by atoms with van der Waals surface area (Å²) in [6.45, 7) is 0.988. The average molecular weight is 373 g/mol. The molecule has 1 N–H and O–H groups in total. The molecular weight excluding hydrogens is 352 g/mol. The van der Waals surface area contributed by atoms with Crippen LogP contribution in [0.4, 0.5) is 8.78 Å². The maximum absolute atomic E-state index is 12.2. The molecule has 0 bridgehead atoms. The summed E-state index contributed by atoms with van der Waals surface area (Å²) in [6, 6.07) is 7.10. The van der Waals surface area contributed by atoms with E-state index >= 15 is 0 Å². The molecule has 0 fully saturated rings. The van der Waals surface area contributed by atoms with Crippen LogP contribution in [0.1, 0.15) is 17.1 Å². The fourth-order valence-electron chi connectivity index (χ4n) is 2.29. The van der Waals surface area contributed by atoms with E-state index in [0.717, 1.165) is 5.56 Å². The maximum atomic E-state index is 12.2. The second-order valence-corrected chi connectivity index (χ2v) is 6.04. The largest absolute Gasteiger partial charge is 0.496 e. The molecule has 0 unspecified atom stereocenters. The Kier molecular flexibility index (Phi) is 7.39. The van der Waals surface area contributed by atoms with E-state index in [1.54, 1.807) is 39.5 Å². The van der Waals surface area contributed by atoms with Crippen LogP contribution >= 0.6 is 11.8 Å². The van der Waals surface area contributed by atoms with Crippen molar-refractivity contribution in [1.82, 2.24) is 5.32 Å². The molecule has 0 aliphatic rings. The molecule has 0 atom stereocenters. The van der Waals surface area contributed by atoms with Gasteiger partial charge in [-0.15, -0.1) is 0 Å². The Bertz CT molecular complexity index is 679. The number of thioether (sulfide) groups is 1. The van der Waals surface area contributed by atoms with Gasteiger partial charge < -0.3 is 23.9 Å². The number of rotatable bonds is 10. The van der Waals surface area contributed by atoms with Crippen LogP contribution in [0.15, 0.2) is 28.7 Å². The molecule has 0 spiro atoms. The molecule has 1 aromatic heterocycles. The Morgan fingerprint density at radius 2 is 1.60 bits per heavy atom. The summed E-state index contributed by atoms with van der Waals surface area (Å²) < 4.78 is 45.8. The van der Waals surface area contributed by atoms with Gasteiger partial charge in [0.1, 0.15) is 17.3 Å². The van der Waals surface area contributed by atoms with Crippen molar-refractivity contribution in [2.24, 2.45) is 0 Å². The number of alkyl halides is 2. The van der Waals surface area contributed by atoms with Crippen LogP contribution < -0.4 is 19.5 Å². The molecule has 8 heteroatoms. The first kappa shape index (κ1) is 19.4. The molecule has 5 nitrogen and oxygen atoms in total. The minimum absolute atomic E-state index is 0.154. The van der Waals surface area contributed by atoms with Crippen molar-refractivity contribution in [2.45, 2.75) is 24.6 Å². The second kappa shape index (κ2) is 9.53. The van der Waals surface area contributed by atoms with E-state index in [1.165, 1.54) is 0 Å². The lowest BCUT2D eigenvalue weighted by Crippen LogP contribution is -2.13. The number of hydrogen-bond donors (Lipinski definition) is 1. The first-order valence-electron chi connectivity index (χ1n) is 7.54. The Labute approximate surface area is 149 Å². The summed E-state index contributed by atoms with van der Waals surface area (Å²) >= 11 is 0.541. The maximum Gasteiger partial charge on any atom is 0.284 e. The van der Waals surface area contributed by atoms with Gasteiger partial charge in [0, 0.05) is 18.2 Å². The first-order chi connectivity index (χ1) is 12.1. The zero-order valence-corrected chi connectivity index (χ0v) is 15.1. The van der Waals surface area contributed by atoms with E-state index in [1.807, 2.05) is 6.07 Å². The predicted octanol–water partition coefficient (Wildman–Crippen LogP) is 4.05. The third-order valence-corrected chi connectivity index (χ3v) is 4.17. The fraction of sp³-hybridized carbons (Fsp3) is 0.412. The lowest BCUT2D eigenvalue weighted by molar-refractivity contribution is 0.251. The highest BCUT2D eigenvalue weighted by molar-refractivity contribution is 7.98. The molecule has 0 saturated heterocycles. The number of nitrogens with one attached hydrogen (secondary N) is 1. The molecule has 0 radical (unpaired) electrons. The smallest absolute Gasteiger partial charge is 0.284 e. The van der Waals surface area contributed by atoms with E-state index in [4.69, 9.17) is 18.6 Å². The van der Waals surface area contributed by atoms with Crippen LogP contribution in [-0.2, 0) is 18.8 Å². The third kappa shape index (κ3) is 5.54. The van der Waals surface area contributed by atoms with E-state index in [-0.39, 0.29) is 5.75 Å². The molecule has 0 aliphatic heterocycles. The highest BCUT2D eigenvalue weighted by Crippen LogP contribution is 2.34. The van der Waals surface area contributed by atoms with Crippen LogP contribution in [-0.4, -0.2) is 27.1 Å². The topological polar surface area (TPSA) is 52.9 Å². The number of halogens is 2. The van der Waals surface area contributed by atoms with Gasteiger partial charge in [0.15, 0.2) is 11.5 Å². The summed E-state index contributed by atoms with van der Waals surface area (Å²) in [6.07, 6.45) is 0. The van der Waals surface area contributed by atoms with Crippen molar-refractivity contribution in [3.05, 3.63) is 41.3 Å². The molecule has 138 valence electrons. The number of benzene rings is 1. The molecule has 1 heterocycles. The molecule has 2 aromatic rings. The molecule has 25 heavy (non-hydrogen) atoms. The lowest BCUT2D eigenvalue weighted by Gasteiger charge is -2.14. The SMILES string of the molecule is COc1cc(OC)c(OC)cc1CNCc1ccc(CSC(F)F)o1. The van der Waals surface area contributed by atoms with Crippen molar-refractivity contribution >= 4 is 11.8 Å².